The van der Waals surface area contributed by atoms with Gasteiger partial charge in [0.2, 0.25) is 5.91 Å². The molecule has 0 aliphatic heterocycles. The van der Waals surface area contributed by atoms with Crippen LogP contribution in [0.25, 0.3) is 16.3 Å². The number of amides is 1. The van der Waals surface area contributed by atoms with Gasteiger partial charge in [-0.05, 0) is 24.5 Å². The number of aromatic nitrogens is 4. The zero-order valence-corrected chi connectivity index (χ0v) is 14.4. The molecule has 0 unspecified atom stereocenters. The first-order chi connectivity index (χ1) is 10.8. The number of carbonyl (C=O) groups excluding carboxylic acids is 1. The Morgan fingerprint density at radius 2 is 2.13 bits per heavy atom. The zero-order chi connectivity index (χ0) is 16.6. The van der Waals surface area contributed by atoms with Crippen molar-refractivity contribution in [3.05, 3.63) is 29.4 Å². The highest BCUT2D eigenvalue weighted by Gasteiger charge is 2.22. The predicted octanol–water partition coefficient (Wildman–Crippen LogP) is 3.54. The second-order valence-electron chi connectivity index (χ2n) is 6.68. The number of aryl methyl sites for hydroxylation is 1. The molecule has 0 bridgehead atoms. The molecule has 23 heavy (non-hydrogen) atoms. The lowest BCUT2D eigenvalue weighted by Gasteiger charge is -2.16. The number of imidazole rings is 1. The lowest BCUT2D eigenvalue weighted by atomic mass is 9.92. The SMILES string of the molecule is Cc1ccc2nc(NC(=O)CC(C)(C)C)c(-c3nccs3)n2n1. The number of carbonyl (C=O) groups is 1. The van der Waals surface area contributed by atoms with E-state index in [1.54, 1.807) is 10.7 Å². The summed E-state index contributed by atoms with van der Waals surface area (Å²) in [6.07, 6.45) is 2.15. The predicted molar refractivity (Wildman–Crippen MR) is 91.5 cm³/mol. The second kappa shape index (κ2) is 5.73. The lowest BCUT2D eigenvalue weighted by Crippen LogP contribution is -2.20. The van der Waals surface area contributed by atoms with Gasteiger partial charge >= 0.3 is 0 Å². The van der Waals surface area contributed by atoms with Crippen molar-refractivity contribution in [1.29, 1.82) is 0 Å². The Hall–Kier alpha value is -2.28. The van der Waals surface area contributed by atoms with Gasteiger partial charge in [-0.15, -0.1) is 11.3 Å². The van der Waals surface area contributed by atoms with Crippen LogP contribution in [0, 0.1) is 12.3 Å². The van der Waals surface area contributed by atoms with Gasteiger partial charge in [-0.3, -0.25) is 4.79 Å². The zero-order valence-electron chi connectivity index (χ0n) is 13.6. The smallest absolute Gasteiger partial charge is 0.226 e. The molecule has 0 radical (unpaired) electrons. The molecule has 0 spiro atoms. The van der Waals surface area contributed by atoms with Crippen molar-refractivity contribution in [2.45, 2.75) is 34.1 Å². The highest BCUT2D eigenvalue weighted by Crippen LogP contribution is 2.30. The Morgan fingerprint density at radius 3 is 2.78 bits per heavy atom. The van der Waals surface area contributed by atoms with Crippen molar-refractivity contribution >= 4 is 28.7 Å². The molecule has 3 aromatic heterocycles. The van der Waals surface area contributed by atoms with Crippen molar-refractivity contribution in [3.63, 3.8) is 0 Å². The van der Waals surface area contributed by atoms with Crippen molar-refractivity contribution in [2.24, 2.45) is 5.41 Å². The van der Waals surface area contributed by atoms with Crippen molar-refractivity contribution in [3.8, 4) is 10.7 Å². The summed E-state index contributed by atoms with van der Waals surface area (Å²) in [4.78, 5) is 21.2. The molecule has 3 aromatic rings. The Bertz CT molecular complexity index is 845. The molecule has 6 nitrogen and oxygen atoms in total. The van der Waals surface area contributed by atoms with E-state index in [2.05, 4.69) is 20.4 Å². The number of hydrogen-bond donors (Lipinski definition) is 1. The topological polar surface area (TPSA) is 72.2 Å². The van der Waals surface area contributed by atoms with E-state index in [0.717, 1.165) is 16.4 Å². The third kappa shape index (κ3) is 3.39. The molecule has 0 atom stereocenters. The maximum absolute atomic E-state index is 12.3. The molecule has 0 aromatic carbocycles. The van der Waals surface area contributed by atoms with Gasteiger partial charge in [-0.1, -0.05) is 20.8 Å². The number of anilines is 1. The van der Waals surface area contributed by atoms with Crippen LogP contribution in [0.1, 0.15) is 32.9 Å². The summed E-state index contributed by atoms with van der Waals surface area (Å²) in [5, 5.41) is 10.1. The summed E-state index contributed by atoms with van der Waals surface area (Å²) in [7, 11) is 0. The number of rotatable bonds is 3. The van der Waals surface area contributed by atoms with Crippen LogP contribution in [0.5, 0.6) is 0 Å². The maximum atomic E-state index is 12.3. The van der Waals surface area contributed by atoms with E-state index < -0.39 is 0 Å². The number of thiazole rings is 1. The van der Waals surface area contributed by atoms with Gasteiger partial charge in [0.05, 0.1) is 5.69 Å². The third-order valence-corrected chi connectivity index (χ3v) is 3.97. The quantitative estimate of drug-likeness (QED) is 0.798. The Morgan fingerprint density at radius 1 is 1.35 bits per heavy atom. The molecular weight excluding hydrogens is 310 g/mol. The first kappa shape index (κ1) is 15.6. The van der Waals surface area contributed by atoms with E-state index in [-0.39, 0.29) is 11.3 Å². The van der Waals surface area contributed by atoms with Crippen LogP contribution in [0.4, 0.5) is 5.82 Å². The number of nitrogens with zero attached hydrogens (tertiary/aromatic N) is 4. The summed E-state index contributed by atoms with van der Waals surface area (Å²) >= 11 is 1.49. The third-order valence-electron chi connectivity index (χ3n) is 3.19. The molecule has 1 amide bonds. The Labute approximate surface area is 138 Å². The highest BCUT2D eigenvalue weighted by atomic mass is 32.1. The lowest BCUT2D eigenvalue weighted by molar-refractivity contribution is -0.117. The van der Waals surface area contributed by atoms with Crippen LogP contribution in [0.2, 0.25) is 0 Å². The molecule has 1 N–H and O–H groups in total. The van der Waals surface area contributed by atoms with Crippen LogP contribution in [-0.2, 0) is 4.79 Å². The van der Waals surface area contributed by atoms with Crippen LogP contribution in [0.3, 0.4) is 0 Å². The highest BCUT2D eigenvalue weighted by molar-refractivity contribution is 7.13. The first-order valence-electron chi connectivity index (χ1n) is 7.39. The first-order valence-corrected chi connectivity index (χ1v) is 8.27. The molecule has 0 aliphatic rings. The van der Waals surface area contributed by atoms with Gasteiger partial charge in [0.1, 0.15) is 10.7 Å². The largest absolute Gasteiger partial charge is 0.309 e. The fourth-order valence-electron chi connectivity index (χ4n) is 2.30. The fourth-order valence-corrected chi connectivity index (χ4v) is 2.97. The average Bonchev–Trinajstić information content (AvgIpc) is 3.02. The summed E-state index contributed by atoms with van der Waals surface area (Å²) in [5.74, 6) is 0.447. The standard InChI is InChI=1S/C16H19N5OS/c1-10-5-6-11-18-14(19-12(22)9-16(2,3)4)13(21(11)20-10)15-17-7-8-23-15/h5-8H,9H2,1-4H3,(H,19,22). The maximum Gasteiger partial charge on any atom is 0.226 e. The summed E-state index contributed by atoms with van der Waals surface area (Å²) in [6.45, 7) is 8.01. The van der Waals surface area contributed by atoms with Crippen molar-refractivity contribution in [1.82, 2.24) is 19.6 Å². The number of hydrogen-bond acceptors (Lipinski definition) is 5. The van der Waals surface area contributed by atoms with E-state index in [9.17, 15) is 4.79 Å². The summed E-state index contributed by atoms with van der Waals surface area (Å²) in [5.41, 5.74) is 2.20. The minimum Gasteiger partial charge on any atom is -0.309 e. The summed E-state index contributed by atoms with van der Waals surface area (Å²) in [6, 6.07) is 3.79. The van der Waals surface area contributed by atoms with E-state index >= 15 is 0 Å². The number of nitrogens with one attached hydrogen (secondary N) is 1. The molecule has 0 saturated carbocycles. The number of fused-ring (bicyclic) bond motifs is 1. The van der Waals surface area contributed by atoms with Crippen LogP contribution >= 0.6 is 11.3 Å². The average molecular weight is 329 g/mol. The van der Waals surface area contributed by atoms with Crippen LogP contribution in [0.15, 0.2) is 23.7 Å². The molecule has 3 rings (SSSR count). The van der Waals surface area contributed by atoms with E-state index in [1.807, 2.05) is 45.2 Å². The van der Waals surface area contributed by atoms with Gasteiger partial charge in [0.25, 0.3) is 0 Å². The van der Waals surface area contributed by atoms with Crippen LogP contribution < -0.4 is 5.32 Å². The molecular formula is C16H19N5OS. The molecule has 0 fully saturated rings. The Balaban J connectivity index is 2.06. The van der Waals surface area contributed by atoms with Gasteiger partial charge < -0.3 is 5.32 Å². The van der Waals surface area contributed by atoms with Gasteiger partial charge in [-0.25, -0.2) is 14.5 Å². The van der Waals surface area contributed by atoms with Gasteiger partial charge in [-0.2, -0.15) is 5.10 Å². The Kier molecular flexibility index (Phi) is 3.89. The van der Waals surface area contributed by atoms with Crippen molar-refractivity contribution < 1.29 is 4.79 Å². The fraction of sp³-hybridized carbons (Fsp3) is 0.375. The van der Waals surface area contributed by atoms with Gasteiger partial charge in [0.15, 0.2) is 11.5 Å². The molecule has 120 valence electrons. The van der Waals surface area contributed by atoms with E-state index in [1.165, 1.54) is 11.3 Å². The van der Waals surface area contributed by atoms with Gasteiger partial charge in [0, 0.05) is 18.0 Å². The molecule has 7 heteroatoms. The molecule has 0 aliphatic carbocycles. The molecule has 0 saturated heterocycles. The van der Waals surface area contributed by atoms with E-state index in [0.29, 0.717) is 17.9 Å². The normalized spacial score (nSPS) is 11.8. The monoisotopic (exact) mass is 329 g/mol. The molecule has 3 heterocycles. The minimum absolute atomic E-state index is 0.0598. The summed E-state index contributed by atoms with van der Waals surface area (Å²) < 4.78 is 1.74. The van der Waals surface area contributed by atoms with Crippen molar-refractivity contribution in [2.75, 3.05) is 5.32 Å². The van der Waals surface area contributed by atoms with E-state index in [4.69, 9.17) is 0 Å². The van der Waals surface area contributed by atoms with Crippen LogP contribution in [-0.4, -0.2) is 25.5 Å². The minimum atomic E-state index is -0.0839. The second-order valence-corrected chi connectivity index (χ2v) is 7.57.